The third kappa shape index (κ3) is 3.48. The van der Waals surface area contributed by atoms with Gasteiger partial charge in [0, 0.05) is 31.7 Å². The van der Waals surface area contributed by atoms with E-state index in [0.29, 0.717) is 0 Å². The van der Waals surface area contributed by atoms with E-state index in [1.165, 1.54) is 20.9 Å². The van der Waals surface area contributed by atoms with Crippen molar-refractivity contribution in [2.45, 2.75) is 13.1 Å². The van der Waals surface area contributed by atoms with Crippen LogP contribution in [0.15, 0.2) is 15.2 Å². The van der Waals surface area contributed by atoms with Crippen molar-refractivity contribution in [2.24, 2.45) is 0 Å². The number of nitrogens with one attached hydrogen (secondary N) is 1. The quantitative estimate of drug-likeness (QED) is 0.913. The molecule has 0 aliphatic carbocycles. The van der Waals surface area contributed by atoms with E-state index in [1.807, 2.05) is 7.05 Å². The fourth-order valence-corrected chi connectivity index (χ4v) is 3.28. The molecule has 0 aromatic carbocycles. The van der Waals surface area contributed by atoms with E-state index in [-0.39, 0.29) is 0 Å². The normalized spacial score (nSPS) is 11.1. The van der Waals surface area contributed by atoms with Gasteiger partial charge in [0.25, 0.3) is 0 Å². The zero-order chi connectivity index (χ0) is 12.3. The zero-order valence-electron chi connectivity index (χ0n) is 9.61. The van der Waals surface area contributed by atoms with Crippen molar-refractivity contribution in [2.75, 3.05) is 19.4 Å². The third-order valence-electron chi connectivity index (χ3n) is 2.28. The first-order valence-corrected chi connectivity index (χ1v) is 7.54. The van der Waals surface area contributed by atoms with Crippen molar-refractivity contribution in [3.63, 3.8) is 0 Å². The van der Waals surface area contributed by atoms with Gasteiger partial charge in [-0.05, 0) is 40.0 Å². The summed E-state index contributed by atoms with van der Waals surface area (Å²) in [5, 5.41) is 10.5. The summed E-state index contributed by atoms with van der Waals surface area (Å²) in [6, 6.07) is 2.15. The van der Waals surface area contributed by atoms with Gasteiger partial charge in [0.05, 0.1) is 3.79 Å². The summed E-state index contributed by atoms with van der Waals surface area (Å²) < 4.78 is 5.13. The van der Waals surface area contributed by atoms with E-state index < -0.39 is 0 Å². The fourth-order valence-electron chi connectivity index (χ4n) is 1.55. The highest BCUT2D eigenvalue weighted by Gasteiger charge is 2.10. The number of halogens is 1. The minimum absolute atomic E-state index is 0.806. The minimum Gasteiger partial charge on any atom is -0.377 e. The van der Waals surface area contributed by atoms with E-state index in [9.17, 15) is 0 Å². The Morgan fingerprint density at radius 3 is 2.94 bits per heavy atom. The van der Waals surface area contributed by atoms with Crippen LogP contribution in [0.5, 0.6) is 0 Å². The second-order valence-electron chi connectivity index (χ2n) is 3.73. The maximum Gasteiger partial charge on any atom is 0.134 e. The average molecular weight is 333 g/mol. The summed E-state index contributed by atoms with van der Waals surface area (Å²) in [7, 11) is 3.99. The molecule has 0 bridgehead atoms. The van der Waals surface area contributed by atoms with Gasteiger partial charge in [-0.1, -0.05) is 4.49 Å². The average Bonchev–Trinajstić information content (AvgIpc) is 2.87. The van der Waals surface area contributed by atoms with Crippen LogP contribution in [0.1, 0.15) is 11.3 Å². The van der Waals surface area contributed by atoms with Gasteiger partial charge in [0.2, 0.25) is 0 Å². The van der Waals surface area contributed by atoms with Gasteiger partial charge in [0.15, 0.2) is 0 Å². The first-order chi connectivity index (χ1) is 8.19. The second-order valence-corrected chi connectivity index (χ2v) is 6.77. The fraction of sp³-hybridized carbons (Fsp3) is 0.400. The molecule has 7 heteroatoms. The van der Waals surface area contributed by atoms with Crippen molar-refractivity contribution >= 4 is 43.8 Å². The lowest BCUT2D eigenvalue weighted by molar-refractivity contribution is 0.316. The van der Waals surface area contributed by atoms with Crippen LogP contribution < -0.4 is 5.32 Å². The highest BCUT2D eigenvalue weighted by Crippen LogP contribution is 2.23. The predicted molar refractivity (Wildman–Crippen MR) is 76.6 cm³/mol. The van der Waals surface area contributed by atoms with Crippen LogP contribution in [-0.4, -0.2) is 28.6 Å². The SMILES string of the molecule is CNc1snnc1CN(C)Cc1csc(Br)c1. The lowest BCUT2D eigenvalue weighted by atomic mass is 10.3. The molecular formula is C10H13BrN4S2. The van der Waals surface area contributed by atoms with Gasteiger partial charge < -0.3 is 5.32 Å². The zero-order valence-corrected chi connectivity index (χ0v) is 12.8. The smallest absolute Gasteiger partial charge is 0.134 e. The number of hydrogen-bond donors (Lipinski definition) is 1. The Morgan fingerprint density at radius 1 is 1.47 bits per heavy atom. The molecule has 0 amide bonds. The number of rotatable bonds is 5. The van der Waals surface area contributed by atoms with E-state index in [0.717, 1.165) is 23.8 Å². The molecule has 0 spiro atoms. The summed E-state index contributed by atoms with van der Waals surface area (Å²) in [6.45, 7) is 1.73. The molecule has 4 nitrogen and oxygen atoms in total. The number of hydrogen-bond acceptors (Lipinski definition) is 6. The topological polar surface area (TPSA) is 41.1 Å². The molecular weight excluding hydrogens is 320 g/mol. The first kappa shape index (κ1) is 12.9. The number of nitrogens with zero attached hydrogens (tertiary/aromatic N) is 3. The van der Waals surface area contributed by atoms with Crippen molar-refractivity contribution in [1.82, 2.24) is 14.5 Å². The maximum atomic E-state index is 4.13. The molecule has 92 valence electrons. The molecule has 2 aromatic rings. The molecule has 1 N–H and O–H groups in total. The largest absolute Gasteiger partial charge is 0.377 e. The lowest BCUT2D eigenvalue weighted by Crippen LogP contribution is -2.17. The molecule has 0 aliphatic rings. The van der Waals surface area contributed by atoms with Crippen molar-refractivity contribution in [3.8, 4) is 0 Å². The van der Waals surface area contributed by atoms with Crippen LogP contribution >= 0.6 is 38.8 Å². The number of thiophene rings is 1. The second kappa shape index (κ2) is 5.90. The Labute approximate surface area is 117 Å². The van der Waals surface area contributed by atoms with Crippen LogP contribution in [0.4, 0.5) is 5.00 Å². The highest BCUT2D eigenvalue weighted by molar-refractivity contribution is 9.11. The van der Waals surface area contributed by atoms with Gasteiger partial charge in [-0.3, -0.25) is 4.90 Å². The van der Waals surface area contributed by atoms with Crippen molar-refractivity contribution in [1.29, 1.82) is 0 Å². The summed E-state index contributed by atoms with van der Waals surface area (Å²) in [5.41, 5.74) is 2.33. The van der Waals surface area contributed by atoms with Gasteiger partial charge in [-0.2, -0.15) is 0 Å². The molecule has 0 radical (unpaired) electrons. The van der Waals surface area contributed by atoms with Crippen LogP contribution in [0.3, 0.4) is 0 Å². The molecule has 17 heavy (non-hydrogen) atoms. The molecule has 0 saturated carbocycles. The van der Waals surface area contributed by atoms with Gasteiger partial charge >= 0.3 is 0 Å². The predicted octanol–water partition coefficient (Wildman–Crippen LogP) is 3.04. The third-order valence-corrected chi connectivity index (χ3v) is 4.62. The van der Waals surface area contributed by atoms with Crippen molar-refractivity contribution < 1.29 is 0 Å². The standard InChI is InChI=1S/C10H13BrN4S2/c1-12-10-8(13-14-17-10)5-15(2)4-7-3-9(11)16-6-7/h3,6,12H,4-5H2,1-2H3. The molecule has 0 saturated heterocycles. The minimum atomic E-state index is 0.806. The molecule has 0 aliphatic heterocycles. The van der Waals surface area contributed by atoms with Crippen molar-refractivity contribution in [3.05, 3.63) is 26.5 Å². The van der Waals surface area contributed by atoms with Gasteiger partial charge in [-0.15, -0.1) is 16.4 Å². The summed E-state index contributed by atoms with van der Waals surface area (Å²) in [6.07, 6.45) is 0. The Balaban J connectivity index is 1.95. The maximum absolute atomic E-state index is 4.13. The molecule has 2 aromatic heterocycles. The number of aromatic nitrogens is 2. The Bertz CT molecular complexity index is 482. The Hall–Kier alpha value is -0.500. The molecule has 0 fully saturated rings. The highest BCUT2D eigenvalue weighted by atomic mass is 79.9. The lowest BCUT2D eigenvalue weighted by Gasteiger charge is -2.14. The van der Waals surface area contributed by atoms with E-state index in [2.05, 4.69) is 54.2 Å². The molecule has 2 rings (SSSR count). The summed E-state index contributed by atoms with van der Waals surface area (Å²) in [4.78, 5) is 2.23. The first-order valence-electron chi connectivity index (χ1n) is 5.09. The monoisotopic (exact) mass is 332 g/mol. The molecule has 0 unspecified atom stereocenters. The molecule has 0 atom stereocenters. The summed E-state index contributed by atoms with van der Waals surface area (Å²) in [5.74, 6) is 0. The van der Waals surface area contributed by atoms with E-state index >= 15 is 0 Å². The Kier molecular flexibility index (Phi) is 4.49. The van der Waals surface area contributed by atoms with Crippen LogP contribution in [0.25, 0.3) is 0 Å². The van der Waals surface area contributed by atoms with E-state index in [1.54, 1.807) is 11.3 Å². The van der Waals surface area contributed by atoms with Gasteiger partial charge in [-0.25, -0.2) is 0 Å². The van der Waals surface area contributed by atoms with Crippen LogP contribution in [0.2, 0.25) is 0 Å². The van der Waals surface area contributed by atoms with E-state index in [4.69, 9.17) is 0 Å². The van der Waals surface area contributed by atoms with Crippen LogP contribution in [0, 0.1) is 0 Å². The summed E-state index contributed by atoms with van der Waals surface area (Å²) >= 11 is 6.59. The Morgan fingerprint density at radius 2 is 2.29 bits per heavy atom. The van der Waals surface area contributed by atoms with Crippen LogP contribution in [-0.2, 0) is 13.1 Å². The number of anilines is 1. The molecule has 2 heterocycles. The van der Waals surface area contributed by atoms with Gasteiger partial charge in [0.1, 0.15) is 10.7 Å².